The number of nitrogens with zero attached hydrogens (tertiary/aromatic N) is 2. The average molecular weight is 383 g/mol. The first-order valence-electron chi connectivity index (χ1n) is 7.80. The lowest BCUT2D eigenvalue weighted by atomic mass is 10.2. The molecule has 1 aromatic heterocycles. The van der Waals surface area contributed by atoms with Crippen LogP contribution < -0.4 is 9.46 Å². The molecule has 27 heavy (non-hydrogen) atoms. The zero-order valence-corrected chi connectivity index (χ0v) is 15.0. The van der Waals surface area contributed by atoms with Gasteiger partial charge in [-0.2, -0.15) is 5.26 Å². The van der Waals surface area contributed by atoms with Crippen molar-refractivity contribution in [2.75, 3.05) is 4.72 Å². The van der Waals surface area contributed by atoms with E-state index in [1.165, 1.54) is 24.3 Å². The van der Waals surface area contributed by atoms with Crippen LogP contribution in [0.3, 0.4) is 0 Å². The molecule has 0 aliphatic rings. The van der Waals surface area contributed by atoms with Crippen molar-refractivity contribution in [2.45, 2.75) is 11.8 Å². The highest BCUT2D eigenvalue weighted by atomic mass is 32.2. The Hall–Kier alpha value is -3.44. The third-order valence-electron chi connectivity index (χ3n) is 3.60. The van der Waals surface area contributed by atoms with Gasteiger partial charge in [-0.1, -0.05) is 17.7 Å². The van der Waals surface area contributed by atoms with Crippen LogP contribution in [0.25, 0.3) is 0 Å². The molecule has 0 fully saturated rings. The predicted molar refractivity (Wildman–Crippen MR) is 97.4 cm³/mol. The number of halogens is 1. The van der Waals surface area contributed by atoms with Gasteiger partial charge in [-0.05, 0) is 49.4 Å². The van der Waals surface area contributed by atoms with Crippen LogP contribution in [-0.2, 0) is 10.0 Å². The molecule has 0 spiro atoms. The molecule has 1 N–H and O–H groups in total. The molecule has 3 aromatic rings. The monoisotopic (exact) mass is 383 g/mol. The molecule has 136 valence electrons. The molecule has 0 saturated heterocycles. The van der Waals surface area contributed by atoms with Crippen molar-refractivity contribution < 1.29 is 17.5 Å². The van der Waals surface area contributed by atoms with E-state index < -0.39 is 15.8 Å². The van der Waals surface area contributed by atoms with Gasteiger partial charge >= 0.3 is 0 Å². The van der Waals surface area contributed by atoms with E-state index in [-0.39, 0.29) is 22.0 Å². The second-order valence-electron chi connectivity index (χ2n) is 5.65. The largest absolute Gasteiger partial charge is 0.456 e. The Labute approximate surface area is 155 Å². The summed E-state index contributed by atoms with van der Waals surface area (Å²) >= 11 is 0. The first kappa shape index (κ1) is 18.4. The minimum Gasteiger partial charge on any atom is -0.456 e. The van der Waals surface area contributed by atoms with Crippen LogP contribution in [0.2, 0.25) is 0 Å². The maximum atomic E-state index is 12.9. The third-order valence-corrected chi connectivity index (χ3v) is 4.95. The topological polar surface area (TPSA) is 92.1 Å². The molecule has 6 nitrogen and oxygen atoms in total. The highest BCUT2D eigenvalue weighted by Gasteiger charge is 2.18. The number of benzene rings is 2. The van der Waals surface area contributed by atoms with Crippen LogP contribution >= 0.6 is 0 Å². The molecule has 0 aliphatic carbocycles. The average Bonchev–Trinajstić information content (AvgIpc) is 2.65. The number of nitrogens with one attached hydrogen (secondary N) is 1. The van der Waals surface area contributed by atoms with E-state index in [1.54, 1.807) is 12.1 Å². The van der Waals surface area contributed by atoms with Gasteiger partial charge in [0.1, 0.15) is 29.2 Å². The minimum absolute atomic E-state index is 0.0325. The zero-order valence-electron chi connectivity index (χ0n) is 14.2. The first-order valence-corrected chi connectivity index (χ1v) is 9.29. The third kappa shape index (κ3) is 4.40. The molecule has 2 aromatic carbocycles. The summed E-state index contributed by atoms with van der Waals surface area (Å²) in [6, 6.07) is 15.4. The van der Waals surface area contributed by atoms with Crippen molar-refractivity contribution in [3.05, 3.63) is 77.7 Å². The number of rotatable bonds is 5. The molecule has 0 bridgehead atoms. The highest BCUT2D eigenvalue weighted by Crippen LogP contribution is 2.28. The normalized spacial score (nSPS) is 10.9. The fourth-order valence-corrected chi connectivity index (χ4v) is 3.25. The van der Waals surface area contributed by atoms with Crippen molar-refractivity contribution in [3.8, 4) is 17.6 Å². The van der Waals surface area contributed by atoms with Crippen LogP contribution in [-0.4, -0.2) is 13.4 Å². The fourth-order valence-electron chi connectivity index (χ4n) is 2.22. The Kier molecular flexibility index (Phi) is 5.05. The van der Waals surface area contributed by atoms with Crippen molar-refractivity contribution in [1.82, 2.24) is 4.98 Å². The first-order chi connectivity index (χ1) is 12.9. The highest BCUT2D eigenvalue weighted by molar-refractivity contribution is 7.92. The Morgan fingerprint density at radius 1 is 1.11 bits per heavy atom. The minimum atomic E-state index is -4.00. The number of sulfonamides is 1. The Morgan fingerprint density at radius 2 is 1.85 bits per heavy atom. The van der Waals surface area contributed by atoms with Crippen molar-refractivity contribution in [3.63, 3.8) is 0 Å². The van der Waals surface area contributed by atoms with Gasteiger partial charge in [0, 0.05) is 0 Å². The van der Waals surface area contributed by atoms with Crippen LogP contribution in [0.15, 0.2) is 65.7 Å². The molecular formula is C19H14FN3O3S. The molecule has 0 saturated carbocycles. The SMILES string of the molecule is Cc1ccc(Oc2ccc(S(=O)(=O)Nc3ccc(F)cn3)cc2C#N)cc1. The summed E-state index contributed by atoms with van der Waals surface area (Å²) < 4.78 is 45.7. The van der Waals surface area contributed by atoms with E-state index in [0.717, 1.165) is 17.8 Å². The van der Waals surface area contributed by atoms with Crippen LogP contribution in [0, 0.1) is 24.1 Å². The number of nitriles is 1. The molecule has 3 rings (SSSR count). The van der Waals surface area contributed by atoms with Crippen LogP contribution in [0.1, 0.15) is 11.1 Å². The number of aromatic nitrogens is 1. The van der Waals surface area contributed by atoms with Gasteiger partial charge in [0.05, 0.1) is 16.7 Å². The van der Waals surface area contributed by atoms with Gasteiger partial charge in [-0.3, -0.25) is 4.72 Å². The summed E-state index contributed by atoms with van der Waals surface area (Å²) in [5.41, 5.74) is 1.12. The lowest BCUT2D eigenvalue weighted by Gasteiger charge is -2.11. The molecule has 0 radical (unpaired) electrons. The van der Waals surface area contributed by atoms with Crippen molar-refractivity contribution in [1.29, 1.82) is 5.26 Å². The number of anilines is 1. The quantitative estimate of drug-likeness (QED) is 0.719. The van der Waals surface area contributed by atoms with E-state index in [4.69, 9.17) is 4.74 Å². The molecule has 0 amide bonds. The maximum absolute atomic E-state index is 12.9. The van der Waals surface area contributed by atoms with Crippen LogP contribution in [0.4, 0.5) is 10.2 Å². The maximum Gasteiger partial charge on any atom is 0.263 e. The van der Waals surface area contributed by atoms with E-state index in [0.29, 0.717) is 5.75 Å². The summed E-state index contributed by atoms with van der Waals surface area (Å²) in [5.74, 6) is 0.152. The fraction of sp³-hybridized carbons (Fsp3) is 0.0526. The van der Waals surface area contributed by atoms with Gasteiger partial charge in [0.25, 0.3) is 10.0 Å². The van der Waals surface area contributed by atoms with Gasteiger partial charge in [0.2, 0.25) is 0 Å². The summed E-state index contributed by atoms with van der Waals surface area (Å²) in [7, 11) is -4.00. The Morgan fingerprint density at radius 3 is 2.48 bits per heavy atom. The number of ether oxygens (including phenoxy) is 1. The van der Waals surface area contributed by atoms with Crippen molar-refractivity contribution in [2.24, 2.45) is 0 Å². The van der Waals surface area contributed by atoms with Gasteiger partial charge in [-0.15, -0.1) is 0 Å². The summed E-state index contributed by atoms with van der Waals surface area (Å²) in [6.45, 7) is 1.94. The van der Waals surface area contributed by atoms with Gasteiger partial charge < -0.3 is 4.74 Å². The predicted octanol–water partition coefficient (Wildman–Crippen LogP) is 3.99. The van der Waals surface area contributed by atoms with E-state index in [1.807, 2.05) is 25.1 Å². The van der Waals surface area contributed by atoms with Crippen LogP contribution in [0.5, 0.6) is 11.5 Å². The lowest BCUT2D eigenvalue weighted by molar-refractivity contribution is 0.480. The lowest BCUT2D eigenvalue weighted by Crippen LogP contribution is -2.14. The summed E-state index contributed by atoms with van der Waals surface area (Å²) in [6.07, 6.45) is 0.900. The number of pyridine rings is 1. The second-order valence-corrected chi connectivity index (χ2v) is 7.33. The molecule has 8 heteroatoms. The second kappa shape index (κ2) is 7.43. The molecular weight excluding hydrogens is 369 g/mol. The Bertz CT molecular complexity index is 1110. The van der Waals surface area contributed by atoms with Crippen molar-refractivity contribution >= 4 is 15.8 Å². The van der Waals surface area contributed by atoms with E-state index >= 15 is 0 Å². The van der Waals surface area contributed by atoms with E-state index in [2.05, 4.69) is 9.71 Å². The molecule has 0 atom stereocenters. The molecule has 0 unspecified atom stereocenters. The Balaban J connectivity index is 1.87. The molecule has 1 heterocycles. The van der Waals surface area contributed by atoms with Gasteiger partial charge in [0.15, 0.2) is 0 Å². The number of aryl methyl sites for hydroxylation is 1. The summed E-state index contributed by atoms with van der Waals surface area (Å²) in [4.78, 5) is 3.52. The summed E-state index contributed by atoms with van der Waals surface area (Å²) in [5, 5.41) is 9.35. The number of hydrogen-bond donors (Lipinski definition) is 1. The zero-order chi connectivity index (χ0) is 19.4. The standard InChI is InChI=1S/C19H14FN3O3S/c1-13-2-5-16(6-3-13)26-18-8-7-17(10-14(18)11-21)27(24,25)23-19-9-4-15(20)12-22-19/h2-10,12H,1H3,(H,22,23). The van der Waals surface area contributed by atoms with Gasteiger partial charge in [-0.25, -0.2) is 17.8 Å². The number of hydrogen-bond acceptors (Lipinski definition) is 5. The molecule has 0 aliphatic heterocycles. The van der Waals surface area contributed by atoms with E-state index in [9.17, 15) is 18.1 Å². The smallest absolute Gasteiger partial charge is 0.263 e.